The normalized spacial score (nSPS) is 17.8. The average Bonchev–Trinajstić information content (AvgIpc) is 3.22. The second-order valence-corrected chi connectivity index (χ2v) is 5.07. The van der Waals surface area contributed by atoms with E-state index in [9.17, 15) is 10.2 Å². The molecule has 0 amide bonds. The van der Waals surface area contributed by atoms with Crippen LogP contribution in [0.2, 0.25) is 0 Å². The van der Waals surface area contributed by atoms with Gasteiger partial charge in [-0.3, -0.25) is 0 Å². The van der Waals surface area contributed by atoms with Crippen molar-refractivity contribution in [2.45, 2.75) is 25.0 Å². The molecule has 1 aliphatic carbocycles. The molecule has 0 radical (unpaired) electrons. The molecule has 4 heteroatoms. The first-order valence-corrected chi connectivity index (χ1v) is 6.33. The third-order valence-corrected chi connectivity index (χ3v) is 3.77. The number of rotatable bonds is 3. The van der Waals surface area contributed by atoms with Crippen molar-refractivity contribution in [1.29, 1.82) is 0 Å². The van der Waals surface area contributed by atoms with Gasteiger partial charge < -0.3 is 15.9 Å². The summed E-state index contributed by atoms with van der Waals surface area (Å²) in [7, 11) is 0. The van der Waals surface area contributed by atoms with E-state index in [0.717, 1.165) is 29.2 Å². The molecule has 0 heterocycles. The minimum Gasteiger partial charge on any atom is -0.507 e. The second-order valence-electron chi connectivity index (χ2n) is 5.07. The largest absolute Gasteiger partial charge is 0.507 e. The van der Waals surface area contributed by atoms with Crippen molar-refractivity contribution in [2.75, 3.05) is 0 Å². The Hall–Kier alpha value is -1.29. The van der Waals surface area contributed by atoms with Crippen LogP contribution in [0.25, 0.3) is 10.8 Å². The van der Waals surface area contributed by atoms with Crippen molar-refractivity contribution in [1.82, 2.24) is 0 Å². The van der Waals surface area contributed by atoms with Crippen molar-refractivity contribution in [3.05, 3.63) is 42.0 Å². The number of aromatic hydroxyl groups is 1. The van der Waals surface area contributed by atoms with Crippen LogP contribution < -0.4 is 5.73 Å². The second kappa shape index (κ2) is 5.37. The summed E-state index contributed by atoms with van der Waals surface area (Å²) in [5.74, 6) is 0.593. The lowest BCUT2D eigenvalue weighted by Crippen LogP contribution is -2.28. The number of hydrogen-bond donors (Lipinski definition) is 3. The summed E-state index contributed by atoms with van der Waals surface area (Å²) < 4.78 is 0. The van der Waals surface area contributed by atoms with E-state index in [0.29, 0.717) is 5.92 Å². The summed E-state index contributed by atoms with van der Waals surface area (Å²) in [6.07, 6.45) is 1.63. The van der Waals surface area contributed by atoms with Crippen LogP contribution in [-0.2, 0) is 0 Å². The molecule has 2 aromatic carbocycles. The number of halogens is 1. The summed E-state index contributed by atoms with van der Waals surface area (Å²) in [5, 5.41) is 21.7. The maximum absolute atomic E-state index is 10.2. The molecule has 0 aliphatic heterocycles. The van der Waals surface area contributed by atoms with Gasteiger partial charge in [-0.25, -0.2) is 0 Å². The minimum absolute atomic E-state index is 0. The van der Waals surface area contributed by atoms with E-state index in [4.69, 9.17) is 5.73 Å². The van der Waals surface area contributed by atoms with E-state index in [1.54, 1.807) is 6.07 Å². The fraction of sp³-hybridized carbons (Fsp3) is 0.333. The minimum atomic E-state index is -0.488. The zero-order valence-corrected chi connectivity index (χ0v) is 11.3. The molecule has 3 nitrogen and oxygen atoms in total. The predicted octanol–water partition coefficient (Wildman–Crippen LogP) is 2.74. The lowest BCUT2D eigenvalue weighted by molar-refractivity contribution is 0.123. The summed E-state index contributed by atoms with van der Waals surface area (Å²) >= 11 is 0. The Morgan fingerprint density at radius 1 is 1.05 bits per heavy atom. The van der Waals surface area contributed by atoms with Gasteiger partial charge in [-0.2, -0.15) is 0 Å². The third-order valence-electron chi connectivity index (χ3n) is 3.77. The SMILES string of the molecule is Cl.N[C@@H](c1ccc(O)c2ccccc12)[C@H](O)C1CC1. The van der Waals surface area contributed by atoms with Gasteiger partial charge in [0.05, 0.1) is 12.1 Å². The van der Waals surface area contributed by atoms with Gasteiger partial charge in [-0.1, -0.05) is 30.3 Å². The van der Waals surface area contributed by atoms with E-state index >= 15 is 0 Å². The molecule has 1 aliphatic rings. The number of aliphatic hydroxyl groups is 1. The summed E-state index contributed by atoms with van der Waals surface area (Å²) in [6, 6.07) is 10.7. The highest BCUT2D eigenvalue weighted by Gasteiger charge is 2.34. The lowest BCUT2D eigenvalue weighted by Gasteiger charge is -2.20. The molecule has 1 fully saturated rings. The molecular weight excluding hydrogens is 262 g/mol. The van der Waals surface area contributed by atoms with Gasteiger partial charge >= 0.3 is 0 Å². The topological polar surface area (TPSA) is 66.5 Å². The van der Waals surface area contributed by atoms with Gasteiger partial charge in [-0.05, 0) is 35.8 Å². The third kappa shape index (κ3) is 2.54. The fourth-order valence-electron chi connectivity index (χ4n) is 2.51. The van der Waals surface area contributed by atoms with E-state index in [2.05, 4.69) is 0 Å². The Bertz CT molecular complexity index is 583. The molecule has 102 valence electrons. The van der Waals surface area contributed by atoms with E-state index in [1.807, 2.05) is 30.3 Å². The number of hydrogen-bond acceptors (Lipinski definition) is 3. The quantitative estimate of drug-likeness (QED) is 0.809. The number of nitrogens with two attached hydrogens (primary N) is 1. The lowest BCUT2D eigenvalue weighted by atomic mass is 9.93. The van der Waals surface area contributed by atoms with Crippen molar-refractivity contribution in [2.24, 2.45) is 11.7 Å². The average molecular weight is 280 g/mol. The first-order valence-electron chi connectivity index (χ1n) is 6.33. The van der Waals surface area contributed by atoms with Crippen LogP contribution in [0, 0.1) is 5.92 Å². The van der Waals surface area contributed by atoms with Crippen LogP contribution in [0.5, 0.6) is 5.75 Å². The van der Waals surface area contributed by atoms with Crippen LogP contribution in [0.4, 0.5) is 0 Å². The standard InChI is InChI=1S/C15H17NO2.ClH/c16-14(15(18)9-5-6-9)12-7-8-13(17)11-4-2-1-3-10(11)12;/h1-4,7-9,14-15,17-18H,5-6,16H2;1H/t14-,15+;/m0./s1. The van der Waals surface area contributed by atoms with Crippen LogP contribution in [0.3, 0.4) is 0 Å². The van der Waals surface area contributed by atoms with Gasteiger partial charge in [0.15, 0.2) is 0 Å². The highest BCUT2D eigenvalue weighted by molar-refractivity contribution is 5.91. The molecule has 4 N–H and O–H groups in total. The van der Waals surface area contributed by atoms with E-state index < -0.39 is 6.10 Å². The molecule has 0 spiro atoms. The zero-order chi connectivity index (χ0) is 12.7. The molecule has 0 saturated heterocycles. The molecule has 2 atom stereocenters. The first kappa shape index (κ1) is 14.1. The Morgan fingerprint density at radius 2 is 1.68 bits per heavy atom. The fourth-order valence-corrected chi connectivity index (χ4v) is 2.51. The summed E-state index contributed by atoms with van der Waals surface area (Å²) in [6.45, 7) is 0. The van der Waals surface area contributed by atoms with E-state index in [-0.39, 0.29) is 24.2 Å². The Labute approximate surface area is 118 Å². The number of benzene rings is 2. The van der Waals surface area contributed by atoms with Crippen molar-refractivity contribution in [3.63, 3.8) is 0 Å². The summed E-state index contributed by atoms with van der Waals surface area (Å²) in [4.78, 5) is 0. The van der Waals surface area contributed by atoms with Gasteiger partial charge in [0.2, 0.25) is 0 Å². The molecular formula is C15H18ClNO2. The van der Waals surface area contributed by atoms with Gasteiger partial charge in [0.1, 0.15) is 5.75 Å². The van der Waals surface area contributed by atoms with E-state index in [1.165, 1.54) is 0 Å². The molecule has 0 aromatic heterocycles. The Morgan fingerprint density at radius 3 is 2.32 bits per heavy atom. The highest BCUT2D eigenvalue weighted by Crippen LogP contribution is 2.39. The summed E-state index contributed by atoms with van der Waals surface area (Å²) in [5.41, 5.74) is 7.07. The molecule has 2 aromatic rings. The first-order chi connectivity index (χ1) is 8.68. The van der Waals surface area contributed by atoms with Gasteiger partial charge in [0, 0.05) is 5.39 Å². The number of phenols is 1. The van der Waals surface area contributed by atoms with Crippen LogP contribution in [-0.4, -0.2) is 16.3 Å². The van der Waals surface area contributed by atoms with Crippen molar-refractivity contribution in [3.8, 4) is 5.75 Å². The van der Waals surface area contributed by atoms with Gasteiger partial charge in [-0.15, -0.1) is 12.4 Å². The molecule has 0 bridgehead atoms. The smallest absolute Gasteiger partial charge is 0.123 e. The van der Waals surface area contributed by atoms with Crippen LogP contribution >= 0.6 is 12.4 Å². The van der Waals surface area contributed by atoms with Crippen molar-refractivity contribution < 1.29 is 10.2 Å². The molecule has 3 rings (SSSR count). The number of aliphatic hydroxyl groups excluding tert-OH is 1. The Kier molecular flexibility index (Phi) is 3.99. The maximum atomic E-state index is 10.2. The van der Waals surface area contributed by atoms with Gasteiger partial charge in [0.25, 0.3) is 0 Å². The predicted molar refractivity (Wildman–Crippen MR) is 78.5 cm³/mol. The highest BCUT2D eigenvalue weighted by atomic mass is 35.5. The number of fused-ring (bicyclic) bond motifs is 1. The molecule has 1 saturated carbocycles. The monoisotopic (exact) mass is 279 g/mol. The van der Waals surface area contributed by atoms with Crippen molar-refractivity contribution >= 4 is 23.2 Å². The number of phenolic OH excluding ortho intramolecular Hbond substituents is 1. The molecule has 0 unspecified atom stereocenters. The van der Waals surface area contributed by atoms with Crippen LogP contribution in [0.1, 0.15) is 24.4 Å². The zero-order valence-electron chi connectivity index (χ0n) is 10.5. The molecule has 19 heavy (non-hydrogen) atoms. The maximum Gasteiger partial charge on any atom is 0.123 e. The van der Waals surface area contributed by atoms with Crippen LogP contribution in [0.15, 0.2) is 36.4 Å². The Balaban J connectivity index is 0.00000133.